The molecule has 0 unspecified atom stereocenters. The van der Waals surface area contributed by atoms with Gasteiger partial charge >= 0.3 is 5.63 Å². The second-order valence-corrected chi connectivity index (χ2v) is 2.47. The van der Waals surface area contributed by atoms with Gasteiger partial charge in [-0.3, -0.25) is 0 Å². The number of nitriles is 1. The first-order valence-corrected chi connectivity index (χ1v) is 3.59. The van der Waals surface area contributed by atoms with Crippen molar-refractivity contribution in [2.24, 2.45) is 0 Å². The first kappa shape index (κ1) is 7.50. The molecule has 0 saturated heterocycles. The molecule has 0 fully saturated rings. The minimum atomic E-state index is -0.489. The predicted octanol–water partition coefficient (Wildman–Crippen LogP) is 1.06. The standard InChI is InChI=1S/C9H4N2O2/c10-4-6-1-2-8-7(3-6)11-5-9(12)13-8/h1-3,5H. The number of rotatable bonds is 0. The molecule has 1 heterocycles. The molecule has 0 aliphatic rings. The Morgan fingerprint density at radius 3 is 3.08 bits per heavy atom. The van der Waals surface area contributed by atoms with Crippen molar-refractivity contribution in [2.75, 3.05) is 0 Å². The number of fused-ring (bicyclic) bond motifs is 1. The molecule has 1 aromatic heterocycles. The summed E-state index contributed by atoms with van der Waals surface area (Å²) in [6.07, 6.45) is 1.09. The fraction of sp³-hybridized carbons (Fsp3) is 0. The highest BCUT2D eigenvalue weighted by Crippen LogP contribution is 2.10. The quantitative estimate of drug-likeness (QED) is 0.595. The van der Waals surface area contributed by atoms with Gasteiger partial charge in [0.25, 0.3) is 0 Å². The fourth-order valence-electron chi connectivity index (χ4n) is 1.03. The lowest BCUT2D eigenvalue weighted by atomic mass is 10.2. The molecule has 0 spiro atoms. The summed E-state index contributed by atoms with van der Waals surface area (Å²) in [5.41, 5.74) is 0.913. The maximum Gasteiger partial charge on any atom is 0.354 e. The summed E-state index contributed by atoms with van der Waals surface area (Å²) in [5.74, 6) is 0. The highest BCUT2D eigenvalue weighted by Gasteiger charge is 1.98. The Morgan fingerprint density at radius 2 is 2.31 bits per heavy atom. The van der Waals surface area contributed by atoms with E-state index in [0.717, 1.165) is 6.20 Å². The molecule has 62 valence electrons. The Hall–Kier alpha value is -2.15. The molecule has 0 amide bonds. The maximum atomic E-state index is 10.7. The Kier molecular flexibility index (Phi) is 1.57. The van der Waals surface area contributed by atoms with Gasteiger partial charge in [-0.25, -0.2) is 9.78 Å². The second-order valence-electron chi connectivity index (χ2n) is 2.47. The monoisotopic (exact) mass is 172 g/mol. The zero-order valence-electron chi connectivity index (χ0n) is 6.52. The highest BCUT2D eigenvalue weighted by atomic mass is 16.4. The van der Waals surface area contributed by atoms with Gasteiger partial charge < -0.3 is 4.42 Å². The Bertz CT molecular complexity index is 551. The lowest BCUT2D eigenvalue weighted by Gasteiger charge is -1.93. The molecule has 1 aromatic carbocycles. The van der Waals surface area contributed by atoms with E-state index in [-0.39, 0.29) is 0 Å². The molecule has 0 aliphatic carbocycles. The SMILES string of the molecule is N#Cc1ccc2oc(=O)cnc2c1. The number of benzene rings is 1. The molecule has 0 radical (unpaired) electrons. The van der Waals surface area contributed by atoms with Crippen LogP contribution in [-0.4, -0.2) is 4.98 Å². The molecule has 0 bridgehead atoms. The van der Waals surface area contributed by atoms with Gasteiger partial charge in [0, 0.05) is 0 Å². The summed E-state index contributed by atoms with van der Waals surface area (Å²) in [7, 11) is 0. The Morgan fingerprint density at radius 1 is 1.46 bits per heavy atom. The van der Waals surface area contributed by atoms with Gasteiger partial charge in [0.15, 0.2) is 5.58 Å². The van der Waals surface area contributed by atoms with Gasteiger partial charge in [-0.2, -0.15) is 5.26 Å². The van der Waals surface area contributed by atoms with Crippen LogP contribution in [0.4, 0.5) is 0 Å². The number of nitrogens with zero attached hydrogens (tertiary/aromatic N) is 2. The van der Waals surface area contributed by atoms with Gasteiger partial charge in [-0.15, -0.1) is 0 Å². The zero-order chi connectivity index (χ0) is 9.26. The first-order chi connectivity index (χ1) is 6.29. The minimum absolute atomic E-state index is 0.395. The second kappa shape index (κ2) is 2.72. The molecule has 0 N–H and O–H groups in total. The van der Waals surface area contributed by atoms with E-state index in [1.165, 1.54) is 0 Å². The van der Waals surface area contributed by atoms with E-state index in [1.807, 2.05) is 6.07 Å². The molecular weight excluding hydrogens is 168 g/mol. The summed E-state index contributed by atoms with van der Waals surface area (Å²) >= 11 is 0. The average molecular weight is 172 g/mol. The predicted molar refractivity (Wildman–Crippen MR) is 45.0 cm³/mol. The number of aromatic nitrogens is 1. The van der Waals surface area contributed by atoms with Crippen LogP contribution in [0.3, 0.4) is 0 Å². The molecule has 4 nitrogen and oxygen atoms in total. The summed E-state index contributed by atoms with van der Waals surface area (Å²) in [4.78, 5) is 14.6. The van der Waals surface area contributed by atoms with E-state index in [2.05, 4.69) is 4.98 Å². The van der Waals surface area contributed by atoms with E-state index >= 15 is 0 Å². The summed E-state index contributed by atoms with van der Waals surface area (Å²) in [5, 5.41) is 8.58. The van der Waals surface area contributed by atoms with Gasteiger partial charge in [0.1, 0.15) is 11.7 Å². The van der Waals surface area contributed by atoms with Crippen LogP contribution in [0.5, 0.6) is 0 Å². The van der Waals surface area contributed by atoms with E-state index in [4.69, 9.17) is 9.68 Å². The smallest absolute Gasteiger partial charge is 0.354 e. The van der Waals surface area contributed by atoms with Crippen molar-refractivity contribution in [3.8, 4) is 6.07 Å². The fourth-order valence-corrected chi connectivity index (χ4v) is 1.03. The average Bonchev–Trinajstić information content (AvgIpc) is 2.17. The van der Waals surface area contributed by atoms with Gasteiger partial charge in [0.2, 0.25) is 0 Å². The van der Waals surface area contributed by atoms with Crippen LogP contribution in [0.15, 0.2) is 33.6 Å². The van der Waals surface area contributed by atoms with Crippen LogP contribution < -0.4 is 5.63 Å². The van der Waals surface area contributed by atoms with Crippen molar-refractivity contribution in [2.45, 2.75) is 0 Å². The van der Waals surface area contributed by atoms with E-state index in [9.17, 15) is 4.79 Å². The van der Waals surface area contributed by atoms with Crippen LogP contribution in [0.25, 0.3) is 11.1 Å². The van der Waals surface area contributed by atoms with Crippen molar-refractivity contribution < 1.29 is 4.42 Å². The Balaban J connectivity index is 2.82. The number of hydrogen-bond donors (Lipinski definition) is 0. The van der Waals surface area contributed by atoms with Crippen LogP contribution in [0, 0.1) is 11.3 Å². The van der Waals surface area contributed by atoms with Crippen molar-refractivity contribution in [3.63, 3.8) is 0 Å². The van der Waals surface area contributed by atoms with E-state index in [0.29, 0.717) is 16.7 Å². The van der Waals surface area contributed by atoms with Crippen LogP contribution in [0.2, 0.25) is 0 Å². The highest BCUT2D eigenvalue weighted by molar-refractivity contribution is 5.73. The third-order valence-corrected chi connectivity index (χ3v) is 1.61. The Labute approximate surface area is 73.1 Å². The lowest BCUT2D eigenvalue weighted by molar-refractivity contribution is 0.555. The summed E-state index contributed by atoms with van der Waals surface area (Å²) in [6, 6.07) is 6.68. The molecule has 2 rings (SSSR count). The maximum absolute atomic E-state index is 10.7. The van der Waals surface area contributed by atoms with Crippen molar-refractivity contribution in [1.29, 1.82) is 5.26 Å². The van der Waals surface area contributed by atoms with Gasteiger partial charge in [-0.05, 0) is 18.2 Å². The van der Waals surface area contributed by atoms with Gasteiger partial charge in [-0.1, -0.05) is 0 Å². The summed E-state index contributed by atoms with van der Waals surface area (Å²) in [6.45, 7) is 0. The topological polar surface area (TPSA) is 66.9 Å². The zero-order valence-corrected chi connectivity index (χ0v) is 6.52. The largest absolute Gasteiger partial charge is 0.420 e. The van der Waals surface area contributed by atoms with Crippen LogP contribution >= 0.6 is 0 Å². The normalized spacial score (nSPS) is 9.77. The first-order valence-electron chi connectivity index (χ1n) is 3.59. The molecule has 2 aromatic rings. The molecule has 0 atom stereocenters. The third-order valence-electron chi connectivity index (χ3n) is 1.61. The van der Waals surface area contributed by atoms with Crippen LogP contribution in [-0.2, 0) is 0 Å². The number of hydrogen-bond acceptors (Lipinski definition) is 4. The molecule has 0 aliphatic heterocycles. The molecule has 13 heavy (non-hydrogen) atoms. The van der Waals surface area contributed by atoms with E-state index < -0.39 is 5.63 Å². The van der Waals surface area contributed by atoms with Gasteiger partial charge in [0.05, 0.1) is 11.6 Å². The van der Waals surface area contributed by atoms with Crippen LogP contribution in [0.1, 0.15) is 5.56 Å². The minimum Gasteiger partial charge on any atom is -0.420 e. The van der Waals surface area contributed by atoms with Crippen molar-refractivity contribution in [3.05, 3.63) is 40.4 Å². The molecule has 0 saturated carbocycles. The van der Waals surface area contributed by atoms with Crippen molar-refractivity contribution >= 4 is 11.1 Å². The molecule has 4 heteroatoms. The summed E-state index contributed by atoms with van der Waals surface area (Å²) < 4.78 is 4.83. The molecular formula is C9H4N2O2. The van der Waals surface area contributed by atoms with E-state index in [1.54, 1.807) is 18.2 Å². The third kappa shape index (κ3) is 1.27. The van der Waals surface area contributed by atoms with Crippen molar-refractivity contribution in [1.82, 2.24) is 4.98 Å². The lowest BCUT2D eigenvalue weighted by Crippen LogP contribution is -1.97.